The zero-order valence-electron chi connectivity index (χ0n) is 25.1. The number of carbonyl (C=O) groups is 1. The number of alkyl halides is 2. The van der Waals surface area contributed by atoms with Crippen molar-refractivity contribution in [3.63, 3.8) is 0 Å². The molecule has 10 nitrogen and oxygen atoms in total. The second-order valence-corrected chi connectivity index (χ2v) is 13.2. The Kier molecular flexibility index (Phi) is 8.44. The minimum absolute atomic E-state index is 0.0422. The molecule has 1 saturated heterocycles. The van der Waals surface area contributed by atoms with E-state index in [4.69, 9.17) is 15.2 Å². The Morgan fingerprint density at radius 2 is 1.77 bits per heavy atom. The first-order valence-corrected chi connectivity index (χ1v) is 16.3. The van der Waals surface area contributed by atoms with Crippen molar-refractivity contribution in [2.75, 3.05) is 25.1 Å². The maximum Gasteiger partial charge on any atom is 0.387 e. The highest BCUT2D eigenvalue weighted by atomic mass is 32.2. The van der Waals surface area contributed by atoms with Crippen LogP contribution in [-0.4, -0.2) is 59.2 Å². The summed E-state index contributed by atoms with van der Waals surface area (Å²) >= 11 is 0. The Morgan fingerprint density at radius 3 is 2.43 bits per heavy atom. The fourth-order valence-corrected chi connectivity index (χ4v) is 6.73. The van der Waals surface area contributed by atoms with Crippen LogP contribution in [-0.2, 0) is 10.0 Å². The quantitative estimate of drug-likeness (QED) is 0.139. The van der Waals surface area contributed by atoms with E-state index >= 15 is 4.39 Å². The summed E-state index contributed by atoms with van der Waals surface area (Å²) in [7, 11) is -3.39. The van der Waals surface area contributed by atoms with E-state index in [1.807, 2.05) is 0 Å². The number of hydrogen-bond donors (Lipinski definition) is 2. The van der Waals surface area contributed by atoms with E-state index in [1.165, 1.54) is 46.9 Å². The predicted molar refractivity (Wildman–Crippen MR) is 166 cm³/mol. The summed E-state index contributed by atoms with van der Waals surface area (Å²) in [5, 5.41) is 4.56. The fraction of sp³-hybridized carbons (Fsp3) is 0.250. The van der Waals surface area contributed by atoms with Crippen molar-refractivity contribution >= 4 is 32.5 Å². The number of ketones is 1. The van der Waals surface area contributed by atoms with Crippen molar-refractivity contribution in [1.29, 1.82) is 0 Å². The normalized spacial score (nSPS) is 14.6. The molecule has 1 aliphatic heterocycles. The van der Waals surface area contributed by atoms with Crippen molar-refractivity contribution in [3.8, 4) is 22.9 Å². The molecule has 0 aliphatic carbocycles. The SMILES string of the molecule is Cc1cc(Oc2ccccc2F)cc(F)c1-n1ncc(C(=O)c2cc3cc(OC(F)F)c(C4CCN(S(C)(=O)=O)CC4)cc3[nH]2)c1N. The summed E-state index contributed by atoms with van der Waals surface area (Å²) in [6, 6.07) is 12.7. The van der Waals surface area contributed by atoms with Crippen molar-refractivity contribution in [2.24, 2.45) is 0 Å². The molecule has 47 heavy (non-hydrogen) atoms. The lowest BCUT2D eigenvalue weighted by Gasteiger charge is -2.31. The van der Waals surface area contributed by atoms with Crippen LogP contribution < -0.4 is 15.2 Å². The van der Waals surface area contributed by atoms with Gasteiger partial charge in [-0.1, -0.05) is 12.1 Å². The Hall–Kier alpha value is -4.89. The predicted octanol–water partition coefficient (Wildman–Crippen LogP) is 6.29. The average Bonchev–Trinajstić information content (AvgIpc) is 3.60. The molecule has 0 saturated carbocycles. The summed E-state index contributed by atoms with van der Waals surface area (Å²) in [5.41, 5.74) is 7.56. The van der Waals surface area contributed by atoms with Gasteiger partial charge in [0.05, 0.1) is 23.7 Å². The highest BCUT2D eigenvalue weighted by Crippen LogP contribution is 2.39. The van der Waals surface area contributed by atoms with Gasteiger partial charge in [-0.05, 0) is 73.2 Å². The second kappa shape index (κ2) is 12.4. The van der Waals surface area contributed by atoms with Gasteiger partial charge in [-0.2, -0.15) is 13.9 Å². The van der Waals surface area contributed by atoms with E-state index in [0.29, 0.717) is 34.9 Å². The van der Waals surface area contributed by atoms with Gasteiger partial charge in [0.2, 0.25) is 15.8 Å². The third kappa shape index (κ3) is 6.40. The molecule has 6 rings (SSSR count). The van der Waals surface area contributed by atoms with Crippen LogP contribution in [0.3, 0.4) is 0 Å². The number of sulfonamides is 1. The molecule has 0 unspecified atom stereocenters. The van der Waals surface area contributed by atoms with Crippen molar-refractivity contribution in [2.45, 2.75) is 32.3 Å². The molecule has 2 aromatic heterocycles. The van der Waals surface area contributed by atoms with Gasteiger partial charge >= 0.3 is 6.61 Å². The number of anilines is 1. The number of para-hydroxylation sites is 1. The molecule has 1 aliphatic rings. The van der Waals surface area contributed by atoms with Crippen LogP contribution >= 0.6 is 0 Å². The van der Waals surface area contributed by atoms with Crippen LogP contribution in [0, 0.1) is 18.6 Å². The molecule has 0 bridgehead atoms. The molecule has 15 heteroatoms. The number of piperidine rings is 1. The lowest BCUT2D eigenvalue weighted by Crippen LogP contribution is -2.37. The van der Waals surface area contributed by atoms with E-state index in [-0.39, 0.29) is 59.0 Å². The van der Waals surface area contributed by atoms with Crippen LogP contribution in [0.4, 0.5) is 23.4 Å². The number of benzene rings is 3. The first kappa shape index (κ1) is 32.1. The van der Waals surface area contributed by atoms with Gasteiger partial charge in [0.15, 0.2) is 17.4 Å². The highest BCUT2D eigenvalue weighted by Gasteiger charge is 2.29. The van der Waals surface area contributed by atoms with Crippen LogP contribution in [0.1, 0.15) is 45.9 Å². The summed E-state index contributed by atoms with van der Waals surface area (Å²) in [5.74, 6) is -2.49. The number of ether oxygens (including phenoxy) is 2. The van der Waals surface area contributed by atoms with Crippen LogP contribution in [0.25, 0.3) is 16.6 Å². The fourth-order valence-electron chi connectivity index (χ4n) is 5.86. The Labute approximate surface area is 266 Å². The largest absolute Gasteiger partial charge is 0.454 e. The van der Waals surface area contributed by atoms with Gasteiger partial charge in [-0.25, -0.2) is 26.2 Å². The minimum Gasteiger partial charge on any atom is -0.454 e. The third-order valence-electron chi connectivity index (χ3n) is 8.13. The zero-order valence-corrected chi connectivity index (χ0v) is 26.0. The second-order valence-electron chi connectivity index (χ2n) is 11.3. The summed E-state index contributed by atoms with van der Waals surface area (Å²) in [4.78, 5) is 16.6. The zero-order chi connectivity index (χ0) is 33.6. The molecule has 5 aromatic rings. The van der Waals surface area contributed by atoms with E-state index < -0.39 is 34.1 Å². The standard InChI is InChI=1S/C32H29F4N5O5S/c1-17-11-20(45-27-6-4-3-5-23(27)33)14-24(34)29(17)41-31(37)22(16-38-41)30(42)26-12-19-13-28(46-32(35)36)21(15-25(19)39-26)18-7-9-40(10-8-18)47(2,43)44/h3-6,11-16,18,32,39H,7-10,37H2,1-2H3. The lowest BCUT2D eigenvalue weighted by molar-refractivity contribution is -0.0506. The van der Waals surface area contributed by atoms with Gasteiger partial charge in [0, 0.05) is 30.1 Å². The summed E-state index contributed by atoms with van der Waals surface area (Å²) < 4.78 is 92.8. The van der Waals surface area contributed by atoms with E-state index in [9.17, 15) is 26.4 Å². The first-order valence-electron chi connectivity index (χ1n) is 14.5. The number of carbonyl (C=O) groups excluding carboxylic acids is 1. The highest BCUT2D eigenvalue weighted by molar-refractivity contribution is 7.88. The summed E-state index contributed by atoms with van der Waals surface area (Å²) in [6.45, 7) is -1.06. The molecule has 1 fully saturated rings. The van der Waals surface area contributed by atoms with Crippen LogP contribution in [0.2, 0.25) is 0 Å². The van der Waals surface area contributed by atoms with Crippen molar-refractivity contribution in [1.82, 2.24) is 19.1 Å². The van der Waals surface area contributed by atoms with E-state index in [0.717, 1.165) is 17.0 Å². The molecular formula is C32H29F4N5O5S. The monoisotopic (exact) mass is 671 g/mol. The van der Waals surface area contributed by atoms with Gasteiger partial charge in [-0.15, -0.1) is 0 Å². The maximum absolute atomic E-state index is 15.4. The molecule has 0 amide bonds. The molecule has 246 valence electrons. The lowest BCUT2D eigenvalue weighted by atomic mass is 9.89. The summed E-state index contributed by atoms with van der Waals surface area (Å²) in [6.07, 6.45) is 3.11. The Bertz CT molecular complexity index is 2080. The Morgan fingerprint density at radius 1 is 1.04 bits per heavy atom. The average molecular weight is 672 g/mol. The number of nitrogen functional groups attached to an aromatic ring is 1. The van der Waals surface area contributed by atoms with Crippen molar-refractivity contribution in [3.05, 3.63) is 94.8 Å². The third-order valence-corrected chi connectivity index (χ3v) is 9.43. The van der Waals surface area contributed by atoms with E-state index in [1.54, 1.807) is 19.1 Å². The first-order chi connectivity index (χ1) is 22.3. The number of nitrogens with two attached hydrogens (primary N) is 1. The molecular weight excluding hydrogens is 642 g/mol. The number of aromatic nitrogens is 3. The van der Waals surface area contributed by atoms with Gasteiger partial charge < -0.3 is 20.2 Å². The molecule has 3 aromatic carbocycles. The van der Waals surface area contributed by atoms with E-state index in [2.05, 4.69) is 10.1 Å². The molecule has 3 heterocycles. The molecule has 0 radical (unpaired) electrons. The topological polar surface area (TPSA) is 133 Å². The number of hydrogen-bond acceptors (Lipinski definition) is 7. The number of nitrogens with zero attached hydrogens (tertiary/aromatic N) is 3. The van der Waals surface area contributed by atoms with Gasteiger partial charge in [-0.3, -0.25) is 4.79 Å². The number of aromatic amines is 1. The number of H-pyrrole nitrogens is 1. The molecule has 3 N–H and O–H groups in total. The number of halogens is 4. The van der Waals surface area contributed by atoms with Crippen LogP contribution in [0.15, 0.2) is 60.8 Å². The molecule has 0 atom stereocenters. The molecule has 0 spiro atoms. The number of nitrogens with one attached hydrogen (secondary N) is 1. The minimum atomic E-state index is -3.39. The van der Waals surface area contributed by atoms with Gasteiger partial charge in [0.1, 0.15) is 23.0 Å². The smallest absolute Gasteiger partial charge is 0.387 e. The van der Waals surface area contributed by atoms with Crippen LogP contribution in [0.5, 0.6) is 17.2 Å². The van der Waals surface area contributed by atoms with Crippen molar-refractivity contribution < 1.29 is 40.2 Å². The Balaban J connectivity index is 1.29. The number of aryl methyl sites for hydroxylation is 1. The number of fused-ring (bicyclic) bond motifs is 1. The van der Waals surface area contributed by atoms with Gasteiger partial charge in [0.25, 0.3) is 0 Å². The number of rotatable bonds is 9. The maximum atomic E-state index is 15.4.